The first kappa shape index (κ1) is 18.4. The minimum atomic E-state index is -0.485. The summed E-state index contributed by atoms with van der Waals surface area (Å²) in [6, 6.07) is 9.47. The number of hydrogen-bond donors (Lipinski definition) is 0. The number of fused-ring (bicyclic) bond motifs is 1. The van der Waals surface area contributed by atoms with Crippen molar-refractivity contribution in [2.45, 2.75) is 19.8 Å². The fraction of sp³-hybridized carbons (Fsp3) is 0.421. The molecule has 0 saturated carbocycles. The van der Waals surface area contributed by atoms with Gasteiger partial charge in [0.05, 0.1) is 12.5 Å². The second-order valence-electron chi connectivity index (χ2n) is 6.13. The normalized spacial score (nSPS) is 15.0. The van der Waals surface area contributed by atoms with Crippen LogP contribution in [0.25, 0.3) is 10.1 Å². The van der Waals surface area contributed by atoms with Gasteiger partial charge in [0.15, 0.2) is 6.61 Å². The van der Waals surface area contributed by atoms with Gasteiger partial charge in [0, 0.05) is 17.8 Å². The van der Waals surface area contributed by atoms with Crippen LogP contribution in [0.2, 0.25) is 0 Å². The lowest BCUT2D eigenvalue weighted by atomic mass is 9.97. The van der Waals surface area contributed by atoms with Crippen LogP contribution >= 0.6 is 11.3 Å². The van der Waals surface area contributed by atoms with Gasteiger partial charge in [-0.15, -0.1) is 11.3 Å². The number of piperidine rings is 1. The molecule has 6 nitrogen and oxygen atoms in total. The van der Waals surface area contributed by atoms with Crippen molar-refractivity contribution >= 4 is 39.3 Å². The van der Waals surface area contributed by atoms with Gasteiger partial charge in [0.25, 0.3) is 5.91 Å². The fourth-order valence-electron chi connectivity index (χ4n) is 3.00. The van der Waals surface area contributed by atoms with E-state index in [4.69, 9.17) is 9.47 Å². The number of amides is 1. The third-order valence-electron chi connectivity index (χ3n) is 4.42. The van der Waals surface area contributed by atoms with Gasteiger partial charge in [0.1, 0.15) is 4.88 Å². The highest BCUT2D eigenvalue weighted by atomic mass is 32.1. The topological polar surface area (TPSA) is 72.9 Å². The van der Waals surface area contributed by atoms with Gasteiger partial charge in [-0.25, -0.2) is 4.79 Å². The average Bonchev–Trinajstić information content (AvgIpc) is 3.10. The summed E-state index contributed by atoms with van der Waals surface area (Å²) in [6.07, 6.45) is 1.16. The minimum absolute atomic E-state index is 0.153. The third kappa shape index (κ3) is 4.22. The van der Waals surface area contributed by atoms with Crippen molar-refractivity contribution in [1.82, 2.24) is 4.90 Å². The van der Waals surface area contributed by atoms with Crippen molar-refractivity contribution in [3.63, 3.8) is 0 Å². The quantitative estimate of drug-likeness (QED) is 0.752. The summed E-state index contributed by atoms with van der Waals surface area (Å²) in [6.45, 7) is 2.82. The Balaban J connectivity index is 1.48. The second-order valence-corrected chi connectivity index (χ2v) is 7.22. The molecule has 0 atom stereocenters. The molecule has 0 N–H and O–H groups in total. The second kappa shape index (κ2) is 8.31. The van der Waals surface area contributed by atoms with Crippen LogP contribution in [0.4, 0.5) is 0 Å². The van der Waals surface area contributed by atoms with E-state index < -0.39 is 5.97 Å². The van der Waals surface area contributed by atoms with Crippen LogP contribution in [-0.4, -0.2) is 49.0 Å². The molecule has 2 heterocycles. The molecule has 1 fully saturated rings. The highest BCUT2D eigenvalue weighted by Gasteiger charge is 2.28. The molecule has 0 unspecified atom stereocenters. The number of nitrogens with zero attached hydrogens (tertiary/aromatic N) is 1. The summed E-state index contributed by atoms with van der Waals surface area (Å²) in [4.78, 5) is 38.3. The molecule has 0 aliphatic carbocycles. The lowest BCUT2D eigenvalue weighted by molar-refractivity contribution is -0.151. The number of ether oxygens (including phenoxy) is 2. The van der Waals surface area contributed by atoms with Gasteiger partial charge >= 0.3 is 11.9 Å². The van der Waals surface area contributed by atoms with Crippen LogP contribution in [0.5, 0.6) is 0 Å². The van der Waals surface area contributed by atoms with Crippen molar-refractivity contribution in [2.24, 2.45) is 5.92 Å². The maximum absolute atomic E-state index is 12.2. The molecule has 0 bridgehead atoms. The first-order valence-corrected chi connectivity index (χ1v) is 9.50. The van der Waals surface area contributed by atoms with E-state index in [0.29, 0.717) is 37.4 Å². The number of carbonyl (C=O) groups excluding carboxylic acids is 3. The Morgan fingerprint density at radius 1 is 1.15 bits per heavy atom. The van der Waals surface area contributed by atoms with E-state index in [2.05, 4.69) is 0 Å². The van der Waals surface area contributed by atoms with Gasteiger partial charge in [-0.3, -0.25) is 9.59 Å². The van der Waals surface area contributed by atoms with E-state index in [-0.39, 0.29) is 24.4 Å². The first-order valence-electron chi connectivity index (χ1n) is 8.68. The van der Waals surface area contributed by atoms with Crippen LogP contribution in [0.15, 0.2) is 30.3 Å². The van der Waals surface area contributed by atoms with Gasteiger partial charge in [-0.1, -0.05) is 18.2 Å². The number of rotatable bonds is 5. The maximum atomic E-state index is 12.2. The largest absolute Gasteiger partial charge is 0.466 e. The Hall–Kier alpha value is -2.41. The Kier molecular flexibility index (Phi) is 5.88. The molecule has 26 heavy (non-hydrogen) atoms. The van der Waals surface area contributed by atoms with Crippen LogP contribution in [-0.2, 0) is 19.1 Å². The molecule has 2 aromatic rings. The minimum Gasteiger partial charge on any atom is -0.466 e. The molecule has 138 valence electrons. The van der Waals surface area contributed by atoms with Crippen LogP contribution in [0, 0.1) is 5.92 Å². The van der Waals surface area contributed by atoms with Crippen molar-refractivity contribution in [3.8, 4) is 0 Å². The smallest absolute Gasteiger partial charge is 0.348 e. The molecular weight excluding hydrogens is 354 g/mol. The SMILES string of the molecule is CCOC(=O)C1CCN(C(=O)COC(=O)c2cc3ccccc3s2)CC1. The lowest BCUT2D eigenvalue weighted by Crippen LogP contribution is -2.42. The van der Waals surface area contributed by atoms with E-state index in [9.17, 15) is 14.4 Å². The average molecular weight is 375 g/mol. The Morgan fingerprint density at radius 2 is 1.88 bits per heavy atom. The number of benzene rings is 1. The van der Waals surface area contributed by atoms with Crippen molar-refractivity contribution in [3.05, 3.63) is 35.2 Å². The van der Waals surface area contributed by atoms with Gasteiger partial charge in [0.2, 0.25) is 0 Å². The lowest BCUT2D eigenvalue weighted by Gasteiger charge is -2.30. The van der Waals surface area contributed by atoms with Crippen LogP contribution in [0.3, 0.4) is 0 Å². The summed E-state index contributed by atoms with van der Waals surface area (Å²) in [5.74, 6) is -1.07. The zero-order valence-electron chi connectivity index (χ0n) is 14.6. The summed E-state index contributed by atoms with van der Waals surface area (Å²) < 4.78 is 11.2. The highest BCUT2D eigenvalue weighted by molar-refractivity contribution is 7.20. The molecule has 0 radical (unpaired) electrons. The van der Waals surface area contributed by atoms with E-state index >= 15 is 0 Å². The zero-order valence-corrected chi connectivity index (χ0v) is 15.4. The molecule has 1 amide bonds. The number of esters is 2. The van der Waals surface area contributed by atoms with Crippen molar-refractivity contribution < 1.29 is 23.9 Å². The van der Waals surface area contributed by atoms with E-state index in [0.717, 1.165) is 10.1 Å². The third-order valence-corrected chi connectivity index (χ3v) is 5.52. The zero-order chi connectivity index (χ0) is 18.5. The molecule has 1 aromatic carbocycles. The predicted molar refractivity (Wildman–Crippen MR) is 98.0 cm³/mol. The molecular formula is C19H21NO5S. The van der Waals surface area contributed by atoms with Gasteiger partial charge < -0.3 is 14.4 Å². The summed E-state index contributed by atoms with van der Waals surface area (Å²) in [7, 11) is 0. The number of likely N-dealkylation sites (tertiary alicyclic amines) is 1. The maximum Gasteiger partial charge on any atom is 0.348 e. The number of hydrogen-bond acceptors (Lipinski definition) is 6. The van der Waals surface area contributed by atoms with E-state index in [1.807, 2.05) is 24.3 Å². The highest BCUT2D eigenvalue weighted by Crippen LogP contribution is 2.26. The number of carbonyl (C=O) groups is 3. The summed E-state index contributed by atoms with van der Waals surface area (Å²) in [5.41, 5.74) is 0. The van der Waals surface area contributed by atoms with Gasteiger partial charge in [-0.2, -0.15) is 0 Å². The Morgan fingerprint density at radius 3 is 2.58 bits per heavy atom. The Bertz CT molecular complexity index is 774. The Labute approximate surface area is 155 Å². The molecule has 1 aliphatic rings. The van der Waals surface area contributed by atoms with Crippen molar-refractivity contribution in [2.75, 3.05) is 26.3 Å². The van der Waals surface area contributed by atoms with Gasteiger partial charge in [-0.05, 0) is 37.3 Å². The molecule has 1 saturated heterocycles. The number of thiophene rings is 1. The van der Waals surface area contributed by atoms with E-state index in [1.54, 1.807) is 17.9 Å². The van der Waals surface area contributed by atoms with Crippen LogP contribution in [0.1, 0.15) is 29.4 Å². The fourth-order valence-corrected chi connectivity index (χ4v) is 3.95. The molecule has 7 heteroatoms. The standard InChI is InChI=1S/C19H21NO5S/c1-2-24-18(22)13-7-9-20(10-8-13)17(21)12-25-19(23)16-11-14-5-3-4-6-15(14)26-16/h3-6,11,13H,2,7-10,12H2,1H3. The van der Waals surface area contributed by atoms with Crippen molar-refractivity contribution in [1.29, 1.82) is 0 Å². The molecule has 3 rings (SSSR count). The molecule has 0 spiro atoms. The summed E-state index contributed by atoms with van der Waals surface area (Å²) in [5, 5.41) is 0.983. The van der Waals surface area contributed by atoms with Crippen LogP contribution < -0.4 is 0 Å². The predicted octanol–water partition coefficient (Wildman–Crippen LogP) is 2.86. The summed E-state index contributed by atoms with van der Waals surface area (Å²) >= 11 is 1.35. The molecule has 1 aliphatic heterocycles. The monoisotopic (exact) mass is 375 g/mol. The molecule has 1 aromatic heterocycles. The first-order chi connectivity index (χ1) is 12.6. The van der Waals surface area contributed by atoms with E-state index in [1.165, 1.54) is 11.3 Å².